The molecule has 3 nitrogen and oxygen atoms in total. The van der Waals surface area contributed by atoms with Gasteiger partial charge in [-0.15, -0.1) is 0 Å². The van der Waals surface area contributed by atoms with Crippen molar-refractivity contribution in [1.82, 2.24) is 5.32 Å². The summed E-state index contributed by atoms with van der Waals surface area (Å²) in [4.78, 5) is 11.6. The van der Waals surface area contributed by atoms with E-state index in [4.69, 9.17) is 5.73 Å². The van der Waals surface area contributed by atoms with Crippen molar-refractivity contribution < 1.29 is 18.0 Å². The van der Waals surface area contributed by atoms with Gasteiger partial charge >= 0.3 is 0 Å². The molecule has 0 spiro atoms. The SMILES string of the molecule is CC(CCc1cccc(F)c1)C(=O)NCC(F)(F)CN. The molecule has 6 heteroatoms. The van der Waals surface area contributed by atoms with Gasteiger partial charge in [0.1, 0.15) is 5.82 Å². The first-order valence-electron chi connectivity index (χ1n) is 6.44. The minimum Gasteiger partial charge on any atom is -0.350 e. The standard InChI is InChI=1S/C14H19F3N2O/c1-10(13(20)19-9-14(16,17)8-18)5-6-11-3-2-4-12(15)7-11/h2-4,7,10H,5-6,8-9,18H2,1H3,(H,19,20). The Bertz CT molecular complexity index is 452. The minimum atomic E-state index is -3.09. The summed E-state index contributed by atoms with van der Waals surface area (Å²) in [6.07, 6.45) is 0.975. The Labute approximate surface area is 116 Å². The number of hydrogen-bond donors (Lipinski definition) is 2. The molecule has 0 saturated carbocycles. The van der Waals surface area contributed by atoms with E-state index in [0.717, 1.165) is 5.56 Å². The lowest BCUT2D eigenvalue weighted by atomic mass is 10.0. The zero-order valence-electron chi connectivity index (χ0n) is 11.3. The largest absolute Gasteiger partial charge is 0.350 e. The lowest BCUT2D eigenvalue weighted by Crippen LogP contribution is -2.43. The molecule has 0 fully saturated rings. The highest BCUT2D eigenvalue weighted by Crippen LogP contribution is 2.13. The summed E-state index contributed by atoms with van der Waals surface area (Å²) < 4.78 is 38.7. The van der Waals surface area contributed by atoms with Gasteiger partial charge in [-0.1, -0.05) is 19.1 Å². The fraction of sp³-hybridized carbons (Fsp3) is 0.500. The van der Waals surface area contributed by atoms with Gasteiger partial charge in [-0.05, 0) is 30.5 Å². The predicted octanol–water partition coefficient (Wildman–Crippen LogP) is 2.10. The highest BCUT2D eigenvalue weighted by atomic mass is 19.3. The molecule has 1 aromatic rings. The van der Waals surface area contributed by atoms with Crippen molar-refractivity contribution in [2.75, 3.05) is 13.1 Å². The van der Waals surface area contributed by atoms with Gasteiger partial charge in [-0.3, -0.25) is 4.79 Å². The van der Waals surface area contributed by atoms with Crippen LogP contribution in [0.4, 0.5) is 13.2 Å². The van der Waals surface area contributed by atoms with Crippen molar-refractivity contribution in [3.05, 3.63) is 35.6 Å². The molecule has 3 N–H and O–H groups in total. The lowest BCUT2D eigenvalue weighted by molar-refractivity contribution is -0.126. The Kier molecular flexibility index (Phi) is 6.01. The van der Waals surface area contributed by atoms with Gasteiger partial charge in [-0.25, -0.2) is 13.2 Å². The summed E-state index contributed by atoms with van der Waals surface area (Å²) in [7, 11) is 0. The maximum Gasteiger partial charge on any atom is 0.277 e. The van der Waals surface area contributed by atoms with Gasteiger partial charge in [0.2, 0.25) is 5.91 Å². The van der Waals surface area contributed by atoms with Crippen LogP contribution in [-0.4, -0.2) is 24.9 Å². The second kappa shape index (κ2) is 7.28. The molecule has 1 unspecified atom stereocenters. The van der Waals surface area contributed by atoms with E-state index in [1.807, 2.05) is 0 Å². The summed E-state index contributed by atoms with van der Waals surface area (Å²) in [5.41, 5.74) is 5.66. The molecule has 1 amide bonds. The van der Waals surface area contributed by atoms with Crippen LogP contribution in [0, 0.1) is 11.7 Å². The van der Waals surface area contributed by atoms with E-state index in [2.05, 4.69) is 5.32 Å². The van der Waals surface area contributed by atoms with Crippen LogP contribution in [0.5, 0.6) is 0 Å². The van der Waals surface area contributed by atoms with Crippen LogP contribution in [0.25, 0.3) is 0 Å². The summed E-state index contributed by atoms with van der Waals surface area (Å²) in [5, 5.41) is 2.18. The number of rotatable bonds is 7. The number of hydrogen-bond acceptors (Lipinski definition) is 2. The van der Waals surface area contributed by atoms with Crippen molar-refractivity contribution in [2.45, 2.75) is 25.7 Å². The fourth-order valence-corrected chi connectivity index (χ4v) is 1.67. The van der Waals surface area contributed by atoms with E-state index in [-0.39, 0.29) is 5.82 Å². The molecule has 0 heterocycles. The maximum atomic E-state index is 13.0. The number of nitrogens with one attached hydrogen (secondary N) is 1. The number of halogens is 3. The number of carbonyl (C=O) groups excluding carboxylic acids is 1. The molecule has 0 aliphatic rings. The quantitative estimate of drug-likeness (QED) is 0.807. The van der Waals surface area contributed by atoms with Crippen LogP contribution in [0.2, 0.25) is 0 Å². The third kappa shape index (κ3) is 5.61. The molecule has 0 aliphatic carbocycles. The normalized spacial score (nSPS) is 13.1. The topological polar surface area (TPSA) is 55.1 Å². The highest BCUT2D eigenvalue weighted by molar-refractivity contribution is 5.78. The van der Waals surface area contributed by atoms with Crippen LogP contribution in [0.1, 0.15) is 18.9 Å². The van der Waals surface area contributed by atoms with E-state index in [1.54, 1.807) is 19.1 Å². The molecule has 0 aromatic heterocycles. The molecule has 1 aromatic carbocycles. The zero-order chi connectivity index (χ0) is 15.2. The first-order chi connectivity index (χ1) is 9.34. The molecule has 20 heavy (non-hydrogen) atoms. The number of alkyl halides is 2. The molecule has 0 radical (unpaired) electrons. The van der Waals surface area contributed by atoms with E-state index < -0.39 is 30.8 Å². The van der Waals surface area contributed by atoms with E-state index in [0.29, 0.717) is 12.8 Å². The van der Waals surface area contributed by atoms with Gasteiger partial charge < -0.3 is 11.1 Å². The summed E-state index contributed by atoms with van der Waals surface area (Å²) in [5.74, 6) is -4.29. The van der Waals surface area contributed by atoms with Gasteiger partial charge in [-0.2, -0.15) is 0 Å². The number of benzene rings is 1. The van der Waals surface area contributed by atoms with Gasteiger partial charge in [0.05, 0.1) is 13.1 Å². The lowest BCUT2D eigenvalue weighted by Gasteiger charge is -2.17. The average molecular weight is 288 g/mol. The smallest absolute Gasteiger partial charge is 0.277 e. The van der Waals surface area contributed by atoms with Crippen molar-refractivity contribution in [2.24, 2.45) is 11.7 Å². The molecule has 0 bridgehead atoms. The van der Waals surface area contributed by atoms with E-state index >= 15 is 0 Å². The van der Waals surface area contributed by atoms with Crippen molar-refractivity contribution >= 4 is 5.91 Å². The van der Waals surface area contributed by atoms with Gasteiger partial charge in [0.25, 0.3) is 5.92 Å². The van der Waals surface area contributed by atoms with Gasteiger partial charge in [0, 0.05) is 5.92 Å². The number of amides is 1. The number of carbonyl (C=O) groups is 1. The maximum absolute atomic E-state index is 13.0. The first-order valence-corrected chi connectivity index (χ1v) is 6.44. The molecule has 0 aliphatic heterocycles. The van der Waals surface area contributed by atoms with Crippen LogP contribution in [0.15, 0.2) is 24.3 Å². The van der Waals surface area contributed by atoms with Crippen LogP contribution < -0.4 is 11.1 Å². The predicted molar refractivity (Wildman–Crippen MR) is 70.9 cm³/mol. The molecule has 1 rings (SSSR count). The van der Waals surface area contributed by atoms with Crippen molar-refractivity contribution in [1.29, 1.82) is 0 Å². The Morgan fingerprint density at radius 2 is 2.15 bits per heavy atom. The van der Waals surface area contributed by atoms with Gasteiger partial charge in [0.15, 0.2) is 0 Å². The number of nitrogens with two attached hydrogens (primary N) is 1. The Balaban J connectivity index is 2.39. The molecule has 112 valence electrons. The van der Waals surface area contributed by atoms with Crippen LogP contribution in [-0.2, 0) is 11.2 Å². The Morgan fingerprint density at radius 3 is 2.75 bits per heavy atom. The third-order valence-corrected chi connectivity index (χ3v) is 3.02. The second-order valence-electron chi connectivity index (χ2n) is 4.85. The molecular formula is C14H19F3N2O. The first kappa shape index (κ1) is 16.5. The molecule has 0 saturated heterocycles. The summed E-state index contributed by atoms with van der Waals surface area (Å²) in [6.45, 7) is 0.0901. The fourth-order valence-electron chi connectivity index (χ4n) is 1.67. The van der Waals surface area contributed by atoms with E-state index in [1.165, 1.54) is 12.1 Å². The second-order valence-corrected chi connectivity index (χ2v) is 4.85. The summed E-state index contributed by atoms with van der Waals surface area (Å²) in [6, 6.07) is 6.09. The minimum absolute atomic E-state index is 0.331. The zero-order valence-corrected chi connectivity index (χ0v) is 11.3. The Hall–Kier alpha value is -1.56. The Morgan fingerprint density at radius 1 is 1.45 bits per heavy atom. The third-order valence-electron chi connectivity index (χ3n) is 3.02. The van der Waals surface area contributed by atoms with Crippen molar-refractivity contribution in [3.8, 4) is 0 Å². The van der Waals surface area contributed by atoms with E-state index in [9.17, 15) is 18.0 Å². The highest BCUT2D eigenvalue weighted by Gasteiger charge is 2.28. The number of aryl methyl sites for hydroxylation is 1. The van der Waals surface area contributed by atoms with Crippen molar-refractivity contribution in [3.63, 3.8) is 0 Å². The molecule has 1 atom stereocenters. The summed E-state index contributed by atoms with van der Waals surface area (Å²) >= 11 is 0. The monoisotopic (exact) mass is 288 g/mol. The average Bonchev–Trinajstić information content (AvgIpc) is 2.42. The van der Waals surface area contributed by atoms with Crippen LogP contribution >= 0.6 is 0 Å². The van der Waals surface area contributed by atoms with Crippen LogP contribution in [0.3, 0.4) is 0 Å². The molecular weight excluding hydrogens is 269 g/mol.